The summed E-state index contributed by atoms with van der Waals surface area (Å²) in [6.45, 7) is 7.99. The third-order valence-electron chi connectivity index (χ3n) is 6.47. The summed E-state index contributed by atoms with van der Waals surface area (Å²) in [5.74, 6) is -1.68. The molecule has 3 unspecified atom stereocenters. The van der Waals surface area contributed by atoms with Gasteiger partial charge in [0.2, 0.25) is 17.7 Å². The summed E-state index contributed by atoms with van der Waals surface area (Å²) in [4.78, 5) is 41.4. The van der Waals surface area contributed by atoms with Gasteiger partial charge >= 0.3 is 0 Å². The van der Waals surface area contributed by atoms with Crippen LogP contribution in [0.5, 0.6) is 0 Å². The largest absolute Gasteiger partial charge is 0.324 e. The fourth-order valence-corrected chi connectivity index (χ4v) is 5.30. The van der Waals surface area contributed by atoms with E-state index in [2.05, 4.69) is 24.5 Å². The lowest BCUT2D eigenvalue weighted by atomic mass is 9.76. The Balaban J connectivity index is 1.89. The molecule has 0 saturated carbocycles. The number of fused-ring (bicyclic) bond motifs is 4. The fourth-order valence-electron chi connectivity index (χ4n) is 5.12. The standard InChI is InChI=1S/C21H26ClN3O3/c1-5-11(4)25-18(26)16-15(8-10(2)3)24-21(17(16)19(25)27)13-9-12(22)6-7-14(13)23-20(21)28/h6-7,9-11,15-17,24H,5,8H2,1-4H3,(H,23,28)/t11?,15?,16-,17+,21?/m1/s1. The molecular weight excluding hydrogens is 378 g/mol. The zero-order valence-electron chi connectivity index (χ0n) is 16.6. The molecule has 4 rings (SSSR count). The van der Waals surface area contributed by atoms with Crippen LogP contribution in [-0.4, -0.2) is 34.7 Å². The van der Waals surface area contributed by atoms with Crippen molar-refractivity contribution in [2.24, 2.45) is 17.8 Å². The normalized spacial score (nSPS) is 32.3. The first-order chi connectivity index (χ1) is 13.2. The fraction of sp³-hybridized carbons (Fsp3) is 0.571. The highest BCUT2D eigenvalue weighted by Crippen LogP contribution is 2.54. The van der Waals surface area contributed by atoms with E-state index in [0.717, 1.165) is 0 Å². The van der Waals surface area contributed by atoms with E-state index in [9.17, 15) is 14.4 Å². The summed E-state index contributed by atoms with van der Waals surface area (Å²) < 4.78 is 0. The van der Waals surface area contributed by atoms with Crippen molar-refractivity contribution in [3.63, 3.8) is 0 Å². The monoisotopic (exact) mass is 403 g/mol. The summed E-state index contributed by atoms with van der Waals surface area (Å²) in [6, 6.07) is 4.77. The number of nitrogens with one attached hydrogen (secondary N) is 2. The van der Waals surface area contributed by atoms with E-state index in [1.165, 1.54) is 4.90 Å². The zero-order valence-corrected chi connectivity index (χ0v) is 17.3. The number of imide groups is 1. The molecule has 0 aromatic heterocycles. The van der Waals surface area contributed by atoms with Crippen LogP contribution in [0.4, 0.5) is 5.69 Å². The predicted molar refractivity (Wildman–Crippen MR) is 107 cm³/mol. The topological polar surface area (TPSA) is 78.5 Å². The average Bonchev–Trinajstić information content (AvgIpc) is 3.20. The van der Waals surface area contributed by atoms with E-state index in [1.54, 1.807) is 18.2 Å². The van der Waals surface area contributed by atoms with Crippen molar-refractivity contribution in [2.45, 2.75) is 58.2 Å². The van der Waals surface area contributed by atoms with Crippen LogP contribution >= 0.6 is 11.6 Å². The molecule has 3 aliphatic rings. The van der Waals surface area contributed by atoms with Gasteiger partial charge in [-0.25, -0.2) is 0 Å². The Hall–Kier alpha value is -1.92. The van der Waals surface area contributed by atoms with Gasteiger partial charge in [-0.2, -0.15) is 0 Å². The molecule has 150 valence electrons. The van der Waals surface area contributed by atoms with Gasteiger partial charge in [-0.1, -0.05) is 32.4 Å². The molecule has 3 aliphatic heterocycles. The third kappa shape index (κ3) is 2.47. The molecular formula is C21H26ClN3O3. The van der Waals surface area contributed by atoms with Crippen molar-refractivity contribution in [3.8, 4) is 0 Å². The first-order valence-electron chi connectivity index (χ1n) is 9.98. The van der Waals surface area contributed by atoms with Gasteiger partial charge in [-0.05, 0) is 43.9 Å². The van der Waals surface area contributed by atoms with Gasteiger partial charge in [-0.15, -0.1) is 0 Å². The average molecular weight is 404 g/mol. The van der Waals surface area contributed by atoms with Crippen molar-refractivity contribution in [3.05, 3.63) is 28.8 Å². The number of benzene rings is 1. The highest BCUT2D eigenvalue weighted by molar-refractivity contribution is 6.31. The van der Waals surface area contributed by atoms with Crippen LogP contribution in [0.1, 0.15) is 46.1 Å². The summed E-state index contributed by atoms with van der Waals surface area (Å²) in [6.07, 6.45) is 1.39. The Morgan fingerprint density at radius 3 is 2.54 bits per heavy atom. The Bertz CT molecular complexity index is 870. The molecule has 2 fully saturated rings. The van der Waals surface area contributed by atoms with Crippen molar-refractivity contribution >= 4 is 35.0 Å². The van der Waals surface area contributed by atoms with Crippen molar-refractivity contribution in [2.75, 3.05) is 5.32 Å². The quantitative estimate of drug-likeness (QED) is 0.757. The van der Waals surface area contributed by atoms with Crippen molar-refractivity contribution < 1.29 is 14.4 Å². The van der Waals surface area contributed by atoms with Crippen LogP contribution in [0.25, 0.3) is 0 Å². The minimum absolute atomic E-state index is 0.164. The van der Waals surface area contributed by atoms with Gasteiger partial charge < -0.3 is 5.32 Å². The molecule has 3 heterocycles. The number of amides is 3. The van der Waals surface area contributed by atoms with Gasteiger partial charge in [0, 0.05) is 28.4 Å². The van der Waals surface area contributed by atoms with Crippen LogP contribution in [0, 0.1) is 17.8 Å². The molecule has 1 aromatic carbocycles. The number of nitrogens with zero attached hydrogens (tertiary/aromatic N) is 1. The lowest BCUT2D eigenvalue weighted by molar-refractivity contribution is -0.145. The summed E-state index contributed by atoms with van der Waals surface area (Å²) >= 11 is 6.23. The van der Waals surface area contributed by atoms with E-state index in [-0.39, 0.29) is 29.8 Å². The van der Waals surface area contributed by atoms with E-state index in [0.29, 0.717) is 35.0 Å². The molecule has 1 aromatic rings. The van der Waals surface area contributed by atoms with Gasteiger partial charge in [0.25, 0.3) is 0 Å². The Labute approximate surface area is 170 Å². The molecule has 0 bridgehead atoms. The van der Waals surface area contributed by atoms with E-state index in [4.69, 9.17) is 11.6 Å². The molecule has 6 nitrogen and oxygen atoms in total. The van der Waals surface area contributed by atoms with Crippen molar-refractivity contribution in [1.29, 1.82) is 0 Å². The Morgan fingerprint density at radius 2 is 1.89 bits per heavy atom. The van der Waals surface area contributed by atoms with E-state index >= 15 is 0 Å². The Morgan fingerprint density at radius 1 is 1.18 bits per heavy atom. The van der Waals surface area contributed by atoms with Crippen LogP contribution in [0.2, 0.25) is 5.02 Å². The zero-order chi connectivity index (χ0) is 20.4. The van der Waals surface area contributed by atoms with Gasteiger partial charge in [-0.3, -0.25) is 24.6 Å². The van der Waals surface area contributed by atoms with Crippen molar-refractivity contribution in [1.82, 2.24) is 10.2 Å². The number of anilines is 1. The molecule has 0 aliphatic carbocycles. The number of hydrogen-bond donors (Lipinski definition) is 2. The SMILES string of the molecule is CCC(C)N1C(=O)[C@@H]2C(CC(C)C)NC3(C(=O)Nc4ccc(Cl)cc43)[C@@H]2C1=O. The Kier molecular flexibility index (Phi) is 4.55. The number of likely N-dealkylation sites (tertiary alicyclic amines) is 1. The lowest BCUT2D eigenvalue weighted by Crippen LogP contribution is -2.54. The third-order valence-corrected chi connectivity index (χ3v) is 6.70. The maximum atomic E-state index is 13.5. The minimum atomic E-state index is -1.25. The lowest BCUT2D eigenvalue weighted by Gasteiger charge is -2.31. The molecule has 3 amide bonds. The molecule has 7 heteroatoms. The molecule has 0 radical (unpaired) electrons. The van der Waals surface area contributed by atoms with Gasteiger partial charge in [0.05, 0.1) is 11.8 Å². The van der Waals surface area contributed by atoms with Crippen LogP contribution < -0.4 is 10.6 Å². The van der Waals surface area contributed by atoms with Gasteiger partial charge in [0.1, 0.15) is 5.54 Å². The first-order valence-corrected chi connectivity index (χ1v) is 10.4. The highest BCUT2D eigenvalue weighted by atomic mass is 35.5. The van der Waals surface area contributed by atoms with Crippen LogP contribution in [-0.2, 0) is 19.9 Å². The number of rotatable bonds is 4. The summed E-state index contributed by atoms with van der Waals surface area (Å²) in [5, 5.41) is 6.82. The smallest absolute Gasteiger partial charge is 0.250 e. The van der Waals surface area contributed by atoms with Gasteiger partial charge in [0.15, 0.2) is 0 Å². The molecule has 2 saturated heterocycles. The first kappa shape index (κ1) is 19.4. The predicted octanol–water partition coefficient (Wildman–Crippen LogP) is 2.91. The maximum absolute atomic E-state index is 13.5. The van der Waals surface area contributed by atoms with Crippen LogP contribution in [0.3, 0.4) is 0 Å². The second-order valence-electron chi connectivity index (χ2n) is 8.64. The van der Waals surface area contributed by atoms with E-state index < -0.39 is 17.4 Å². The number of carbonyl (C=O) groups is 3. The highest BCUT2D eigenvalue weighted by Gasteiger charge is 2.70. The van der Waals surface area contributed by atoms with Crippen LogP contribution in [0.15, 0.2) is 18.2 Å². The number of hydrogen-bond acceptors (Lipinski definition) is 4. The molecule has 1 spiro atoms. The number of carbonyl (C=O) groups excluding carboxylic acids is 3. The molecule has 2 N–H and O–H groups in total. The number of halogens is 1. The molecule has 28 heavy (non-hydrogen) atoms. The second kappa shape index (κ2) is 6.56. The maximum Gasteiger partial charge on any atom is 0.250 e. The summed E-state index contributed by atoms with van der Waals surface area (Å²) in [7, 11) is 0. The van der Waals surface area contributed by atoms with E-state index in [1.807, 2.05) is 13.8 Å². The summed E-state index contributed by atoms with van der Waals surface area (Å²) in [5.41, 5.74) is 0.0610. The minimum Gasteiger partial charge on any atom is -0.324 e. The second-order valence-corrected chi connectivity index (χ2v) is 9.08. The molecule has 5 atom stereocenters.